The van der Waals surface area contributed by atoms with E-state index in [-0.39, 0.29) is 0 Å². The first kappa shape index (κ1) is 12.7. The first-order chi connectivity index (χ1) is 7.72. The maximum atomic E-state index is 6.03. The minimum absolute atomic E-state index is 0.561. The number of allylic oxidation sites excluding steroid dienone is 1. The molecule has 0 aliphatic heterocycles. The first-order valence-corrected chi connectivity index (χ1v) is 5.37. The smallest absolute Gasteiger partial charge is 0.145 e. The number of methoxy groups -OCH3 is 2. The Morgan fingerprint density at radius 1 is 1.25 bits per heavy atom. The summed E-state index contributed by atoms with van der Waals surface area (Å²) in [5.74, 6) is 1.32. The van der Waals surface area contributed by atoms with E-state index in [4.69, 9.17) is 21.1 Å². The molecule has 0 fully saturated rings. The van der Waals surface area contributed by atoms with Gasteiger partial charge in [0, 0.05) is 12.6 Å². The predicted octanol–water partition coefficient (Wildman–Crippen LogP) is 3.35. The van der Waals surface area contributed by atoms with Gasteiger partial charge < -0.3 is 14.8 Å². The summed E-state index contributed by atoms with van der Waals surface area (Å²) in [4.78, 5) is 0. The second-order valence-electron chi connectivity index (χ2n) is 3.14. The van der Waals surface area contributed by atoms with Crippen molar-refractivity contribution in [1.82, 2.24) is 0 Å². The zero-order valence-corrected chi connectivity index (χ0v) is 10.5. The van der Waals surface area contributed by atoms with Gasteiger partial charge in [-0.2, -0.15) is 0 Å². The Kier molecular flexibility index (Phi) is 4.99. The maximum Gasteiger partial charge on any atom is 0.145 e. The van der Waals surface area contributed by atoms with Crippen molar-refractivity contribution in [3.63, 3.8) is 0 Å². The molecular formula is C12H16ClNO2. The number of nitrogens with one attached hydrogen (secondary N) is 1. The van der Waals surface area contributed by atoms with Gasteiger partial charge in [-0.1, -0.05) is 23.8 Å². The van der Waals surface area contributed by atoms with Gasteiger partial charge in [-0.25, -0.2) is 0 Å². The molecule has 1 rings (SSSR count). The van der Waals surface area contributed by atoms with Crippen molar-refractivity contribution in [2.75, 3.05) is 26.1 Å². The van der Waals surface area contributed by atoms with E-state index in [9.17, 15) is 0 Å². The van der Waals surface area contributed by atoms with E-state index < -0.39 is 0 Å². The lowest BCUT2D eigenvalue weighted by Gasteiger charge is -2.12. The number of hydrogen-bond acceptors (Lipinski definition) is 3. The SMILES string of the molecule is C/C=C/CNc1cc(Cl)c(OC)cc1OC. The van der Waals surface area contributed by atoms with Gasteiger partial charge in [-0.3, -0.25) is 0 Å². The fourth-order valence-corrected chi connectivity index (χ4v) is 1.53. The zero-order valence-electron chi connectivity index (χ0n) is 9.71. The van der Waals surface area contributed by atoms with Crippen molar-refractivity contribution >= 4 is 17.3 Å². The van der Waals surface area contributed by atoms with Crippen molar-refractivity contribution in [2.45, 2.75) is 6.92 Å². The van der Waals surface area contributed by atoms with E-state index in [0.717, 1.165) is 12.2 Å². The average Bonchev–Trinajstić information content (AvgIpc) is 2.30. The minimum Gasteiger partial charge on any atom is -0.495 e. The summed E-state index contributed by atoms with van der Waals surface area (Å²) in [5.41, 5.74) is 0.853. The van der Waals surface area contributed by atoms with E-state index in [1.165, 1.54) is 0 Å². The Bertz CT molecular complexity index is 378. The van der Waals surface area contributed by atoms with E-state index in [1.807, 2.05) is 19.1 Å². The van der Waals surface area contributed by atoms with Crippen molar-refractivity contribution in [3.05, 3.63) is 29.3 Å². The van der Waals surface area contributed by atoms with Gasteiger partial charge in [0.1, 0.15) is 11.5 Å². The van der Waals surface area contributed by atoms with Crippen molar-refractivity contribution in [1.29, 1.82) is 0 Å². The van der Waals surface area contributed by atoms with Crippen LogP contribution in [-0.2, 0) is 0 Å². The Morgan fingerprint density at radius 3 is 2.50 bits per heavy atom. The number of anilines is 1. The van der Waals surface area contributed by atoms with E-state index >= 15 is 0 Å². The lowest BCUT2D eigenvalue weighted by Crippen LogP contribution is -2.01. The molecule has 3 nitrogen and oxygen atoms in total. The summed E-state index contributed by atoms with van der Waals surface area (Å²) in [6, 6.07) is 3.56. The number of rotatable bonds is 5. The molecular weight excluding hydrogens is 226 g/mol. The third-order valence-corrected chi connectivity index (χ3v) is 2.42. The predicted molar refractivity (Wildman–Crippen MR) is 67.9 cm³/mol. The molecule has 0 radical (unpaired) electrons. The van der Waals surface area contributed by atoms with Gasteiger partial charge >= 0.3 is 0 Å². The Balaban J connectivity index is 2.94. The van der Waals surface area contributed by atoms with Crippen LogP contribution >= 0.6 is 11.6 Å². The van der Waals surface area contributed by atoms with Gasteiger partial charge in [0.05, 0.1) is 24.9 Å². The number of ether oxygens (including phenoxy) is 2. The van der Waals surface area contributed by atoms with E-state index in [1.54, 1.807) is 26.4 Å². The van der Waals surface area contributed by atoms with Gasteiger partial charge in [0.2, 0.25) is 0 Å². The number of benzene rings is 1. The third-order valence-electron chi connectivity index (χ3n) is 2.12. The van der Waals surface area contributed by atoms with Crippen LogP contribution in [0.25, 0.3) is 0 Å². The standard InChI is InChI=1S/C12H16ClNO2/c1-4-5-6-14-10-7-9(13)11(15-2)8-12(10)16-3/h4-5,7-8,14H,6H2,1-3H3/b5-4+. The Hall–Kier alpha value is -1.35. The molecule has 0 saturated heterocycles. The van der Waals surface area contributed by atoms with Gasteiger partial charge in [-0.05, 0) is 13.0 Å². The molecule has 88 valence electrons. The van der Waals surface area contributed by atoms with Gasteiger partial charge in [0.15, 0.2) is 0 Å². The fourth-order valence-electron chi connectivity index (χ4n) is 1.28. The lowest BCUT2D eigenvalue weighted by molar-refractivity contribution is 0.395. The summed E-state index contributed by atoms with van der Waals surface area (Å²) >= 11 is 6.03. The van der Waals surface area contributed by atoms with Crippen LogP contribution in [0.4, 0.5) is 5.69 Å². The lowest BCUT2D eigenvalue weighted by atomic mass is 10.2. The van der Waals surface area contributed by atoms with Crippen LogP contribution in [0.5, 0.6) is 11.5 Å². The summed E-state index contributed by atoms with van der Waals surface area (Å²) < 4.78 is 10.4. The molecule has 0 aliphatic carbocycles. The van der Waals surface area contributed by atoms with Crippen molar-refractivity contribution in [2.24, 2.45) is 0 Å². The normalized spacial score (nSPS) is 10.5. The molecule has 0 heterocycles. The molecule has 0 bridgehead atoms. The van der Waals surface area contributed by atoms with Crippen LogP contribution in [0.2, 0.25) is 5.02 Å². The van der Waals surface area contributed by atoms with Gasteiger partial charge in [-0.15, -0.1) is 0 Å². The molecule has 0 aliphatic rings. The summed E-state index contributed by atoms with van der Waals surface area (Å²) in [7, 11) is 3.19. The molecule has 0 aromatic heterocycles. The first-order valence-electron chi connectivity index (χ1n) is 4.99. The fraction of sp³-hybridized carbons (Fsp3) is 0.333. The second kappa shape index (κ2) is 6.28. The molecule has 0 spiro atoms. The number of halogens is 1. The monoisotopic (exact) mass is 241 g/mol. The minimum atomic E-state index is 0.561. The molecule has 0 amide bonds. The second-order valence-corrected chi connectivity index (χ2v) is 3.54. The highest BCUT2D eigenvalue weighted by Crippen LogP contribution is 2.35. The molecule has 16 heavy (non-hydrogen) atoms. The van der Waals surface area contributed by atoms with Crippen LogP contribution in [-0.4, -0.2) is 20.8 Å². The highest BCUT2D eigenvalue weighted by Gasteiger charge is 2.08. The van der Waals surface area contributed by atoms with Crippen LogP contribution in [0.3, 0.4) is 0 Å². The highest BCUT2D eigenvalue weighted by molar-refractivity contribution is 6.32. The third kappa shape index (κ3) is 3.07. The van der Waals surface area contributed by atoms with E-state index in [2.05, 4.69) is 5.32 Å². The van der Waals surface area contributed by atoms with Crippen LogP contribution in [0.15, 0.2) is 24.3 Å². The highest BCUT2D eigenvalue weighted by atomic mass is 35.5. The molecule has 1 aromatic rings. The van der Waals surface area contributed by atoms with Crippen LogP contribution < -0.4 is 14.8 Å². The molecule has 4 heteroatoms. The van der Waals surface area contributed by atoms with E-state index in [0.29, 0.717) is 16.5 Å². The number of hydrogen-bond donors (Lipinski definition) is 1. The van der Waals surface area contributed by atoms with Crippen molar-refractivity contribution in [3.8, 4) is 11.5 Å². The molecule has 1 aromatic carbocycles. The molecule has 0 atom stereocenters. The van der Waals surface area contributed by atoms with Crippen LogP contribution in [0, 0.1) is 0 Å². The Morgan fingerprint density at radius 2 is 1.94 bits per heavy atom. The zero-order chi connectivity index (χ0) is 12.0. The van der Waals surface area contributed by atoms with Gasteiger partial charge in [0.25, 0.3) is 0 Å². The quantitative estimate of drug-likeness (QED) is 0.802. The Labute approximate surface area is 101 Å². The summed E-state index contributed by atoms with van der Waals surface area (Å²) in [6.07, 6.45) is 3.99. The summed E-state index contributed by atoms with van der Waals surface area (Å²) in [5, 5.41) is 3.77. The average molecular weight is 242 g/mol. The van der Waals surface area contributed by atoms with Crippen molar-refractivity contribution < 1.29 is 9.47 Å². The summed E-state index contributed by atoms with van der Waals surface area (Å²) in [6.45, 7) is 2.70. The molecule has 0 saturated carbocycles. The maximum absolute atomic E-state index is 6.03. The largest absolute Gasteiger partial charge is 0.495 e. The van der Waals surface area contributed by atoms with Crippen LogP contribution in [0.1, 0.15) is 6.92 Å². The molecule has 1 N–H and O–H groups in total. The molecule has 0 unspecified atom stereocenters. The topological polar surface area (TPSA) is 30.5 Å².